The standard InChI is InChI=1S/C29H33FN2O7S/c1-7-40(36,37)17-20-12-22(23(14-25(20)38-6)27(34)18-8-10-21(30)11-9-18)24-16-32(5)26(33)13-19(24)15-31-28(35)39-29(2,3)4/h8-14,16H,7,15,17H2,1-6H3,(H,31,35). The largest absolute Gasteiger partial charge is 0.496 e. The summed E-state index contributed by atoms with van der Waals surface area (Å²) in [5, 5.41) is 2.63. The molecule has 214 valence electrons. The van der Waals surface area contributed by atoms with Crippen LogP contribution in [0.15, 0.2) is 53.5 Å². The Labute approximate surface area is 232 Å². The summed E-state index contributed by atoms with van der Waals surface area (Å²) in [7, 11) is -0.595. The van der Waals surface area contributed by atoms with Gasteiger partial charge in [0.25, 0.3) is 5.56 Å². The van der Waals surface area contributed by atoms with E-state index in [4.69, 9.17) is 9.47 Å². The number of sulfone groups is 1. The van der Waals surface area contributed by atoms with Crippen LogP contribution in [0.2, 0.25) is 0 Å². The monoisotopic (exact) mass is 572 g/mol. The minimum Gasteiger partial charge on any atom is -0.496 e. The Kier molecular flexibility index (Phi) is 9.19. The van der Waals surface area contributed by atoms with Crippen LogP contribution in [-0.4, -0.2) is 43.3 Å². The van der Waals surface area contributed by atoms with Crippen molar-refractivity contribution in [1.29, 1.82) is 0 Å². The number of aromatic nitrogens is 1. The summed E-state index contributed by atoms with van der Waals surface area (Å²) >= 11 is 0. The lowest BCUT2D eigenvalue weighted by Gasteiger charge is -2.21. The molecule has 0 unspecified atom stereocenters. The molecule has 1 heterocycles. The Hall–Kier alpha value is -3.99. The van der Waals surface area contributed by atoms with E-state index in [0.717, 1.165) is 12.1 Å². The summed E-state index contributed by atoms with van der Waals surface area (Å²) in [4.78, 5) is 38.6. The zero-order chi connectivity index (χ0) is 29.8. The average Bonchev–Trinajstić information content (AvgIpc) is 2.87. The molecule has 9 nitrogen and oxygen atoms in total. The van der Waals surface area contributed by atoms with E-state index in [0.29, 0.717) is 22.3 Å². The van der Waals surface area contributed by atoms with Crippen molar-refractivity contribution in [3.8, 4) is 16.9 Å². The third-order valence-corrected chi connectivity index (χ3v) is 7.64. The zero-order valence-corrected chi connectivity index (χ0v) is 24.1. The van der Waals surface area contributed by atoms with Crippen LogP contribution in [0.1, 0.15) is 54.7 Å². The molecule has 1 aromatic heterocycles. The van der Waals surface area contributed by atoms with Gasteiger partial charge in [0.15, 0.2) is 15.6 Å². The van der Waals surface area contributed by atoms with E-state index in [-0.39, 0.29) is 40.5 Å². The van der Waals surface area contributed by atoms with Crippen molar-refractivity contribution in [2.45, 2.75) is 45.6 Å². The second-order valence-electron chi connectivity index (χ2n) is 10.2. The van der Waals surface area contributed by atoms with Crippen LogP contribution in [0.4, 0.5) is 9.18 Å². The van der Waals surface area contributed by atoms with Gasteiger partial charge in [-0.1, -0.05) is 6.92 Å². The number of halogens is 1. The highest BCUT2D eigenvalue weighted by atomic mass is 32.2. The van der Waals surface area contributed by atoms with Crippen LogP contribution in [0.3, 0.4) is 0 Å². The SMILES string of the molecule is CCS(=O)(=O)Cc1cc(-c2cn(C)c(=O)cc2CNC(=O)OC(C)(C)C)c(C(=O)c2ccc(F)cc2)cc1OC. The molecular weight excluding hydrogens is 539 g/mol. The van der Waals surface area contributed by atoms with E-state index in [1.54, 1.807) is 26.8 Å². The molecule has 0 fully saturated rings. The Morgan fingerprint density at radius 3 is 2.25 bits per heavy atom. The number of alkyl carbamates (subject to hydrolysis) is 1. The van der Waals surface area contributed by atoms with Crippen molar-refractivity contribution in [3.63, 3.8) is 0 Å². The molecule has 0 saturated heterocycles. The highest BCUT2D eigenvalue weighted by molar-refractivity contribution is 7.90. The molecule has 1 amide bonds. The quantitative estimate of drug-likeness (QED) is 0.378. The van der Waals surface area contributed by atoms with Gasteiger partial charge in [0.05, 0.1) is 12.9 Å². The lowest BCUT2D eigenvalue weighted by atomic mass is 9.90. The normalized spacial score (nSPS) is 11.7. The van der Waals surface area contributed by atoms with E-state index in [9.17, 15) is 27.2 Å². The summed E-state index contributed by atoms with van der Waals surface area (Å²) in [6, 6.07) is 9.32. The van der Waals surface area contributed by atoms with Crippen LogP contribution >= 0.6 is 0 Å². The first-order chi connectivity index (χ1) is 18.6. The zero-order valence-electron chi connectivity index (χ0n) is 23.3. The van der Waals surface area contributed by atoms with Crippen molar-refractivity contribution < 1.29 is 31.9 Å². The van der Waals surface area contributed by atoms with Gasteiger partial charge in [0.1, 0.15) is 17.2 Å². The van der Waals surface area contributed by atoms with Crippen molar-refractivity contribution >= 4 is 21.7 Å². The topological polar surface area (TPSA) is 121 Å². The lowest BCUT2D eigenvalue weighted by Crippen LogP contribution is -2.32. The number of hydrogen-bond donors (Lipinski definition) is 1. The first kappa shape index (κ1) is 30.6. The van der Waals surface area contributed by atoms with Crippen LogP contribution in [0.5, 0.6) is 5.75 Å². The smallest absolute Gasteiger partial charge is 0.407 e. The fourth-order valence-corrected chi connectivity index (χ4v) is 4.88. The predicted molar refractivity (Wildman–Crippen MR) is 150 cm³/mol. The number of rotatable bonds is 9. The van der Waals surface area contributed by atoms with Crippen LogP contribution in [0.25, 0.3) is 11.1 Å². The predicted octanol–water partition coefficient (Wildman–Crippen LogP) is 4.39. The summed E-state index contributed by atoms with van der Waals surface area (Å²) in [6.45, 7) is 6.56. The van der Waals surface area contributed by atoms with Gasteiger partial charge in [-0.3, -0.25) is 9.59 Å². The van der Waals surface area contributed by atoms with Crippen molar-refractivity contribution in [3.05, 3.63) is 87.1 Å². The van der Waals surface area contributed by atoms with Gasteiger partial charge in [0, 0.05) is 53.9 Å². The molecule has 0 spiro atoms. The molecule has 0 atom stereocenters. The number of carbonyl (C=O) groups excluding carboxylic acids is 2. The Balaban J connectivity index is 2.26. The Morgan fingerprint density at radius 2 is 1.68 bits per heavy atom. The molecule has 0 aliphatic carbocycles. The van der Waals surface area contributed by atoms with Gasteiger partial charge in [-0.25, -0.2) is 17.6 Å². The number of pyridine rings is 1. The first-order valence-electron chi connectivity index (χ1n) is 12.5. The van der Waals surface area contributed by atoms with Crippen molar-refractivity contribution in [1.82, 2.24) is 9.88 Å². The van der Waals surface area contributed by atoms with E-state index in [2.05, 4.69) is 5.32 Å². The van der Waals surface area contributed by atoms with Crippen LogP contribution < -0.4 is 15.6 Å². The van der Waals surface area contributed by atoms with Gasteiger partial charge in [-0.15, -0.1) is 0 Å². The molecule has 0 bridgehead atoms. The van der Waals surface area contributed by atoms with Gasteiger partial charge >= 0.3 is 6.09 Å². The number of nitrogens with one attached hydrogen (secondary N) is 1. The Bertz CT molecular complexity index is 1590. The molecule has 1 N–H and O–H groups in total. The maximum Gasteiger partial charge on any atom is 0.407 e. The summed E-state index contributed by atoms with van der Waals surface area (Å²) < 4.78 is 50.8. The molecule has 40 heavy (non-hydrogen) atoms. The van der Waals surface area contributed by atoms with Crippen molar-refractivity contribution in [2.75, 3.05) is 12.9 Å². The number of aryl methyl sites for hydroxylation is 1. The van der Waals surface area contributed by atoms with Gasteiger partial charge in [0.2, 0.25) is 0 Å². The highest BCUT2D eigenvalue weighted by Gasteiger charge is 2.24. The third-order valence-electron chi connectivity index (χ3n) is 6.01. The number of hydrogen-bond acceptors (Lipinski definition) is 7. The lowest BCUT2D eigenvalue weighted by molar-refractivity contribution is 0.0523. The summed E-state index contributed by atoms with van der Waals surface area (Å²) in [6.07, 6.45) is 0.807. The van der Waals surface area contributed by atoms with Gasteiger partial charge < -0.3 is 19.4 Å². The first-order valence-corrected chi connectivity index (χ1v) is 14.3. The molecule has 0 saturated carbocycles. The number of carbonyl (C=O) groups is 2. The molecule has 2 aromatic carbocycles. The molecule has 3 aromatic rings. The summed E-state index contributed by atoms with van der Waals surface area (Å²) in [5.74, 6) is -1.25. The second kappa shape index (κ2) is 12.0. The minimum atomic E-state index is -3.49. The fraction of sp³-hybridized carbons (Fsp3) is 0.345. The maximum atomic E-state index is 13.7. The van der Waals surface area contributed by atoms with Crippen molar-refractivity contribution in [2.24, 2.45) is 7.05 Å². The van der Waals surface area contributed by atoms with Crippen LogP contribution in [0, 0.1) is 5.82 Å². The molecule has 0 aliphatic rings. The van der Waals surface area contributed by atoms with E-state index >= 15 is 0 Å². The number of amides is 1. The van der Waals surface area contributed by atoms with E-state index in [1.165, 1.54) is 56.1 Å². The van der Waals surface area contributed by atoms with Crippen LogP contribution in [-0.2, 0) is 33.9 Å². The fourth-order valence-electron chi connectivity index (χ4n) is 3.97. The molecule has 0 radical (unpaired) electrons. The number of ketones is 1. The van der Waals surface area contributed by atoms with E-state index in [1.807, 2.05) is 0 Å². The molecule has 0 aliphatic heterocycles. The number of ether oxygens (including phenoxy) is 2. The highest BCUT2D eigenvalue weighted by Crippen LogP contribution is 2.35. The minimum absolute atomic E-state index is 0.105. The molecule has 3 rings (SSSR count). The molecule has 11 heteroatoms. The summed E-state index contributed by atoms with van der Waals surface area (Å²) in [5.41, 5.74) is 0.624. The van der Waals surface area contributed by atoms with Gasteiger partial charge in [-0.05, 0) is 68.3 Å². The Morgan fingerprint density at radius 1 is 1.02 bits per heavy atom. The second-order valence-corrected chi connectivity index (χ2v) is 12.6. The average molecular weight is 573 g/mol. The molecular formula is C29H33FN2O7S. The number of benzene rings is 2. The maximum absolute atomic E-state index is 13.7. The van der Waals surface area contributed by atoms with Gasteiger partial charge in [-0.2, -0.15) is 0 Å². The van der Waals surface area contributed by atoms with E-state index < -0.39 is 33.1 Å². The number of nitrogens with zero attached hydrogens (tertiary/aromatic N) is 1. The number of methoxy groups -OCH3 is 1. The third kappa shape index (κ3) is 7.56.